The van der Waals surface area contributed by atoms with Crippen LogP contribution in [-0.4, -0.2) is 29.5 Å². The molecule has 0 radical (unpaired) electrons. The van der Waals surface area contributed by atoms with Gasteiger partial charge in [-0.15, -0.1) is 6.58 Å². The normalized spacial score (nSPS) is 13.7. The number of hydrogen-bond donors (Lipinski definition) is 0. The average Bonchev–Trinajstić information content (AvgIpc) is 2.25. The van der Waals surface area contributed by atoms with Crippen molar-refractivity contribution in [2.75, 3.05) is 7.11 Å². The summed E-state index contributed by atoms with van der Waals surface area (Å²) in [6.45, 7) is 5.75. The van der Waals surface area contributed by atoms with E-state index in [-0.39, 0.29) is 11.4 Å². The van der Waals surface area contributed by atoms with Crippen LogP contribution in [0.25, 0.3) is 5.53 Å². The van der Waals surface area contributed by atoms with E-state index in [1.54, 1.807) is 13.2 Å². The van der Waals surface area contributed by atoms with Crippen LogP contribution in [0, 0.1) is 0 Å². The van der Waals surface area contributed by atoms with Gasteiger partial charge in [0.1, 0.15) is 0 Å². The van der Waals surface area contributed by atoms with Gasteiger partial charge in [-0.25, -0.2) is 0 Å². The van der Waals surface area contributed by atoms with Gasteiger partial charge >= 0.3 is 6.21 Å². The van der Waals surface area contributed by atoms with Gasteiger partial charge in [0.15, 0.2) is 0 Å². The van der Waals surface area contributed by atoms with Gasteiger partial charge in [-0.3, -0.25) is 4.79 Å². The molecule has 0 N–H and O–H groups in total. The molecule has 1 unspecified atom stereocenters. The monoisotopic (exact) mass is 210 g/mol. The second-order valence-electron chi connectivity index (χ2n) is 3.39. The van der Waals surface area contributed by atoms with Gasteiger partial charge in [0.25, 0.3) is 0 Å². The van der Waals surface area contributed by atoms with Gasteiger partial charge in [0.05, 0.1) is 5.60 Å². The first-order chi connectivity index (χ1) is 7.14. The summed E-state index contributed by atoms with van der Waals surface area (Å²) in [7, 11) is 1.64. The molecule has 15 heavy (non-hydrogen) atoms. The van der Waals surface area contributed by atoms with Crippen LogP contribution in [0.3, 0.4) is 0 Å². The minimum absolute atomic E-state index is 0.178. The van der Waals surface area contributed by atoms with Crippen LogP contribution in [0.4, 0.5) is 0 Å². The molecule has 4 heteroatoms. The average molecular weight is 210 g/mol. The Labute approximate surface area is 90.6 Å². The maximum absolute atomic E-state index is 11.0. The lowest BCUT2D eigenvalue weighted by atomic mass is 9.93. The zero-order valence-electron chi connectivity index (χ0n) is 9.40. The largest absolute Gasteiger partial charge is 0.374 e. The quantitative estimate of drug-likeness (QED) is 0.266. The Hall–Kier alpha value is -1.25. The molecule has 0 aliphatic rings. The number of ketones is 1. The number of carbonyl (C=O) groups excluding carboxylic acids is 1. The second kappa shape index (κ2) is 7.10. The predicted octanol–water partition coefficient (Wildman–Crippen LogP) is 2.01. The van der Waals surface area contributed by atoms with Crippen molar-refractivity contribution in [3.8, 4) is 0 Å². The van der Waals surface area contributed by atoms with Crippen molar-refractivity contribution in [1.29, 1.82) is 0 Å². The van der Waals surface area contributed by atoms with Gasteiger partial charge in [-0.05, 0) is 19.3 Å². The van der Waals surface area contributed by atoms with Crippen molar-refractivity contribution in [3.63, 3.8) is 0 Å². The van der Waals surface area contributed by atoms with E-state index in [0.717, 1.165) is 19.1 Å². The van der Waals surface area contributed by atoms with Crippen molar-refractivity contribution in [3.05, 3.63) is 18.2 Å². The Morgan fingerprint density at radius 1 is 1.67 bits per heavy atom. The van der Waals surface area contributed by atoms with Crippen molar-refractivity contribution < 1.29 is 14.3 Å². The number of methoxy groups -OCH3 is 1. The van der Waals surface area contributed by atoms with Gasteiger partial charge in [0, 0.05) is 13.5 Å². The summed E-state index contributed by atoms with van der Waals surface area (Å²) in [6.07, 6.45) is 5.33. The molecule has 0 aromatic carbocycles. The molecular formula is C11H18N2O2. The molecule has 0 spiro atoms. The van der Waals surface area contributed by atoms with E-state index >= 15 is 0 Å². The van der Waals surface area contributed by atoms with Crippen molar-refractivity contribution in [1.82, 2.24) is 0 Å². The molecule has 0 amide bonds. The van der Waals surface area contributed by atoms with E-state index in [9.17, 15) is 4.79 Å². The smallest absolute Gasteiger partial charge is 0.323 e. The fourth-order valence-corrected chi connectivity index (χ4v) is 1.44. The molecule has 4 nitrogen and oxygen atoms in total. The van der Waals surface area contributed by atoms with Crippen LogP contribution in [-0.2, 0) is 9.53 Å². The third-order valence-electron chi connectivity index (χ3n) is 2.60. The molecule has 0 rings (SSSR count). The molecule has 0 aromatic heterocycles. The first kappa shape index (κ1) is 13.8. The number of carbonyl (C=O) groups is 1. The lowest BCUT2D eigenvalue weighted by molar-refractivity contribution is -0.116. The molecule has 0 aliphatic heterocycles. The lowest BCUT2D eigenvalue weighted by Crippen LogP contribution is -2.27. The number of nitrogens with zero attached hydrogens (tertiary/aromatic N) is 2. The third-order valence-corrected chi connectivity index (χ3v) is 2.60. The van der Waals surface area contributed by atoms with E-state index < -0.39 is 0 Å². The second-order valence-corrected chi connectivity index (χ2v) is 3.39. The molecule has 1 atom stereocenters. The van der Waals surface area contributed by atoms with Crippen molar-refractivity contribution in [2.45, 2.75) is 38.2 Å². The summed E-state index contributed by atoms with van der Waals surface area (Å²) in [5.41, 5.74) is 7.81. The van der Waals surface area contributed by atoms with E-state index in [1.807, 2.05) is 6.92 Å². The standard InChI is InChI=1S/C11H18N2O2/c1-4-11(5-2,15-3)8-6-7-10(14)9-13-12/h4,9H,1,5-8H2,2-3H3. The summed E-state index contributed by atoms with van der Waals surface area (Å²) in [4.78, 5) is 13.7. The topological polar surface area (TPSA) is 62.7 Å². The minimum Gasteiger partial charge on any atom is -0.374 e. The minimum atomic E-state index is -0.337. The number of ether oxygens (including phenoxy) is 1. The first-order valence-corrected chi connectivity index (χ1v) is 5.03. The number of rotatable bonds is 8. The molecule has 0 bridgehead atoms. The molecule has 0 heterocycles. The number of Topliss-reactive ketones (excluding diaryl/α,β-unsaturated/α-hetero) is 1. The highest BCUT2D eigenvalue weighted by molar-refractivity contribution is 6.25. The maximum atomic E-state index is 11.0. The Morgan fingerprint density at radius 3 is 2.73 bits per heavy atom. The van der Waals surface area contributed by atoms with Gasteiger partial charge in [0.2, 0.25) is 5.78 Å². The summed E-state index contributed by atoms with van der Waals surface area (Å²) in [6, 6.07) is 0. The highest BCUT2D eigenvalue weighted by Gasteiger charge is 2.23. The first-order valence-electron chi connectivity index (χ1n) is 5.03. The third kappa shape index (κ3) is 4.68. The molecule has 0 aromatic rings. The highest BCUT2D eigenvalue weighted by atomic mass is 16.5. The maximum Gasteiger partial charge on any atom is 0.323 e. The molecule has 0 aliphatic carbocycles. The van der Waals surface area contributed by atoms with Crippen LogP contribution < -0.4 is 0 Å². The van der Waals surface area contributed by atoms with Crippen LogP contribution in [0.5, 0.6) is 0 Å². The summed E-state index contributed by atoms with van der Waals surface area (Å²) in [5.74, 6) is -0.178. The lowest BCUT2D eigenvalue weighted by Gasteiger charge is -2.27. The zero-order chi connectivity index (χ0) is 11.7. The predicted molar refractivity (Wildman–Crippen MR) is 58.8 cm³/mol. The van der Waals surface area contributed by atoms with Crippen LogP contribution in [0.15, 0.2) is 12.7 Å². The van der Waals surface area contributed by atoms with E-state index in [2.05, 4.69) is 11.4 Å². The fourth-order valence-electron chi connectivity index (χ4n) is 1.44. The van der Waals surface area contributed by atoms with Crippen molar-refractivity contribution in [2.24, 2.45) is 0 Å². The number of hydrogen-bond acceptors (Lipinski definition) is 2. The Kier molecular flexibility index (Phi) is 6.50. The molecule has 0 saturated heterocycles. The molecule has 84 valence electrons. The highest BCUT2D eigenvalue weighted by Crippen LogP contribution is 2.23. The van der Waals surface area contributed by atoms with E-state index in [4.69, 9.17) is 10.3 Å². The zero-order valence-corrected chi connectivity index (χ0v) is 9.40. The molecule has 0 fully saturated rings. The molecule has 0 saturated carbocycles. The van der Waals surface area contributed by atoms with Crippen molar-refractivity contribution >= 4 is 12.0 Å². The van der Waals surface area contributed by atoms with Gasteiger partial charge < -0.3 is 10.3 Å². The van der Waals surface area contributed by atoms with E-state index in [0.29, 0.717) is 12.8 Å². The van der Waals surface area contributed by atoms with Crippen LogP contribution in [0.2, 0.25) is 0 Å². The van der Waals surface area contributed by atoms with Gasteiger partial charge in [-0.1, -0.05) is 13.0 Å². The van der Waals surface area contributed by atoms with Gasteiger partial charge in [-0.2, -0.15) is 4.79 Å². The summed E-state index contributed by atoms with van der Waals surface area (Å²) in [5, 5.41) is 0. The van der Waals surface area contributed by atoms with E-state index in [1.165, 1.54) is 0 Å². The van der Waals surface area contributed by atoms with Crippen LogP contribution in [0.1, 0.15) is 32.6 Å². The van der Waals surface area contributed by atoms with Crippen LogP contribution >= 0.6 is 0 Å². The summed E-state index contributed by atoms with van der Waals surface area (Å²) >= 11 is 0. The Bertz CT molecular complexity index is 264. The fraction of sp³-hybridized carbons (Fsp3) is 0.636. The molecular weight excluding hydrogens is 192 g/mol. The Morgan fingerprint density at radius 2 is 2.33 bits per heavy atom. The SMILES string of the molecule is C=CC(CC)(CCCC(=O)C=[N+]=[N-])OC. The Balaban J connectivity index is 4.07. The summed E-state index contributed by atoms with van der Waals surface area (Å²) < 4.78 is 5.37.